The number of hydrogen-bond donors (Lipinski definition) is 1. The lowest BCUT2D eigenvalue weighted by molar-refractivity contribution is -0.123. The van der Waals surface area contributed by atoms with Crippen molar-refractivity contribution >= 4 is 35.0 Å². The number of carbonyl (C=O) groups excluding carboxylic acids is 2. The second-order valence-corrected chi connectivity index (χ2v) is 6.86. The van der Waals surface area contributed by atoms with Crippen LogP contribution >= 0.6 is 11.8 Å². The second kappa shape index (κ2) is 7.81. The van der Waals surface area contributed by atoms with E-state index in [9.17, 15) is 14.4 Å². The molecular formula is C19H17NO6S. The van der Waals surface area contributed by atoms with Gasteiger partial charge in [-0.2, -0.15) is 0 Å². The van der Waals surface area contributed by atoms with Crippen LogP contribution in [0.3, 0.4) is 0 Å². The van der Waals surface area contributed by atoms with Gasteiger partial charge in [0.05, 0.1) is 23.6 Å². The molecule has 0 spiro atoms. The first kappa shape index (κ1) is 18.9. The van der Waals surface area contributed by atoms with Gasteiger partial charge in [0.15, 0.2) is 0 Å². The number of benzene rings is 1. The average molecular weight is 387 g/mol. The fraction of sp³-hybridized carbons (Fsp3) is 0.211. The van der Waals surface area contributed by atoms with Crippen molar-refractivity contribution in [2.75, 3.05) is 20.3 Å². The number of furan rings is 1. The Bertz CT molecular complexity index is 945. The summed E-state index contributed by atoms with van der Waals surface area (Å²) in [5.74, 6) is -0.514. The largest absolute Gasteiger partial charge is 0.478 e. The molecule has 1 aliphatic rings. The number of carbonyl (C=O) groups is 3. The third-order valence-electron chi connectivity index (χ3n) is 4.04. The maximum Gasteiger partial charge on any atom is 0.335 e. The molecule has 140 valence electrons. The number of nitrogens with zero attached hydrogens (tertiary/aromatic N) is 1. The first-order valence-corrected chi connectivity index (χ1v) is 8.91. The zero-order chi connectivity index (χ0) is 19.6. The Morgan fingerprint density at radius 1 is 1.30 bits per heavy atom. The summed E-state index contributed by atoms with van der Waals surface area (Å²) in [6.07, 6.45) is 1.51. The highest BCUT2D eigenvalue weighted by atomic mass is 32.2. The number of aromatic carboxylic acids is 1. The highest BCUT2D eigenvalue weighted by Gasteiger charge is 2.34. The van der Waals surface area contributed by atoms with Crippen molar-refractivity contribution < 1.29 is 28.6 Å². The highest BCUT2D eigenvalue weighted by molar-refractivity contribution is 8.18. The molecular weight excluding hydrogens is 370 g/mol. The van der Waals surface area contributed by atoms with Crippen molar-refractivity contribution in [1.29, 1.82) is 0 Å². The van der Waals surface area contributed by atoms with Crippen molar-refractivity contribution in [2.45, 2.75) is 6.92 Å². The Morgan fingerprint density at radius 3 is 2.78 bits per heavy atom. The number of carboxylic acid groups (broad SMARTS) is 1. The monoisotopic (exact) mass is 387 g/mol. The fourth-order valence-corrected chi connectivity index (χ4v) is 3.45. The summed E-state index contributed by atoms with van der Waals surface area (Å²) in [4.78, 5) is 36.9. The summed E-state index contributed by atoms with van der Waals surface area (Å²) in [5, 5.41) is 8.81. The lowest BCUT2D eigenvalue weighted by atomic mass is 10.0. The lowest BCUT2D eigenvalue weighted by Gasteiger charge is -2.10. The van der Waals surface area contributed by atoms with E-state index < -0.39 is 5.97 Å². The first-order chi connectivity index (χ1) is 12.9. The molecule has 0 saturated carbocycles. The molecule has 7 nitrogen and oxygen atoms in total. The van der Waals surface area contributed by atoms with Crippen molar-refractivity contribution in [3.05, 3.63) is 52.1 Å². The van der Waals surface area contributed by atoms with Crippen LogP contribution in [-0.2, 0) is 9.53 Å². The predicted molar refractivity (Wildman–Crippen MR) is 100 cm³/mol. The molecule has 1 aromatic carbocycles. The molecule has 2 amide bonds. The van der Waals surface area contributed by atoms with E-state index in [0.717, 1.165) is 22.2 Å². The quantitative estimate of drug-likeness (QED) is 0.756. The van der Waals surface area contributed by atoms with Crippen molar-refractivity contribution in [3.63, 3.8) is 0 Å². The van der Waals surface area contributed by atoms with Gasteiger partial charge in [0.25, 0.3) is 11.1 Å². The second-order valence-electron chi connectivity index (χ2n) is 5.86. The zero-order valence-electron chi connectivity index (χ0n) is 14.7. The molecule has 1 aliphatic heterocycles. The number of rotatable bonds is 6. The molecule has 0 radical (unpaired) electrons. The zero-order valence-corrected chi connectivity index (χ0v) is 15.5. The molecule has 1 saturated heterocycles. The third kappa shape index (κ3) is 3.96. The van der Waals surface area contributed by atoms with Crippen LogP contribution in [0.5, 0.6) is 0 Å². The molecule has 1 N–H and O–H groups in total. The van der Waals surface area contributed by atoms with E-state index in [-0.39, 0.29) is 34.8 Å². The average Bonchev–Trinajstić information content (AvgIpc) is 3.19. The molecule has 2 aromatic rings. The van der Waals surface area contributed by atoms with E-state index in [2.05, 4.69) is 0 Å². The van der Waals surface area contributed by atoms with Crippen LogP contribution in [0.4, 0.5) is 4.79 Å². The van der Waals surface area contributed by atoms with Gasteiger partial charge in [-0.15, -0.1) is 0 Å². The van der Waals surface area contributed by atoms with Crippen molar-refractivity contribution in [1.82, 2.24) is 4.90 Å². The summed E-state index contributed by atoms with van der Waals surface area (Å²) in [6, 6.07) is 8.16. The van der Waals surface area contributed by atoms with Gasteiger partial charge in [-0.3, -0.25) is 14.5 Å². The topological polar surface area (TPSA) is 97.1 Å². The maximum atomic E-state index is 12.3. The van der Waals surface area contributed by atoms with Crippen LogP contribution < -0.4 is 0 Å². The number of amides is 2. The Morgan fingerprint density at radius 2 is 2.07 bits per heavy atom. The molecule has 1 aromatic heterocycles. The molecule has 3 rings (SSSR count). The summed E-state index contributed by atoms with van der Waals surface area (Å²) in [6.45, 7) is 2.32. The minimum atomic E-state index is -1.02. The molecule has 2 heterocycles. The Hall–Kier alpha value is -2.84. The molecule has 0 bridgehead atoms. The van der Waals surface area contributed by atoms with Gasteiger partial charge in [-0.05, 0) is 48.5 Å². The van der Waals surface area contributed by atoms with Gasteiger partial charge in [-0.1, -0.05) is 6.07 Å². The summed E-state index contributed by atoms with van der Waals surface area (Å²) in [5.41, 5.74) is 1.68. The molecule has 0 atom stereocenters. The van der Waals surface area contributed by atoms with Crippen LogP contribution in [0.25, 0.3) is 17.4 Å². The fourth-order valence-electron chi connectivity index (χ4n) is 2.60. The molecule has 1 fully saturated rings. The molecule has 0 unspecified atom stereocenters. The highest BCUT2D eigenvalue weighted by Crippen LogP contribution is 2.33. The van der Waals surface area contributed by atoms with Gasteiger partial charge in [0, 0.05) is 18.7 Å². The van der Waals surface area contributed by atoms with Crippen LogP contribution in [0.15, 0.2) is 39.7 Å². The third-order valence-corrected chi connectivity index (χ3v) is 4.95. The standard InChI is InChI=1S/C19H17NO6S/c1-11-3-4-12(18(22)23)9-14(11)15-6-5-13(26-15)10-16-17(21)20(7-8-25-2)19(24)27-16/h3-6,9-10H,7-8H2,1-2H3,(H,22,23)/b16-10+. The number of methoxy groups -OCH3 is 1. The van der Waals surface area contributed by atoms with Gasteiger partial charge < -0.3 is 14.3 Å². The number of imide groups is 1. The maximum absolute atomic E-state index is 12.3. The summed E-state index contributed by atoms with van der Waals surface area (Å²) in [7, 11) is 1.50. The molecule has 8 heteroatoms. The van der Waals surface area contributed by atoms with E-state index in [4.69, 9.17) is 14.3 Å². The molecule has 0 aliphatic carbocycles. The van der Waals surface area contributed by atoms with E-state index in [0.29, 0.717) is 17.1 Å². The Kier molecular flexibility index (Phi) is 5.48. The lowest BCUT2D eigenvalue weighted by Crippen LogP contribution is -2.31. The number of ether oxygens (including phenoxy) is 1. The van der Waals surface area contributed by atoms with E-state index in [1.807, 2.05) is 6.92 Å². The number of carboxylic acids is 1. The van der Waals surface area contributed by atoms with Crippen LogP contribution in [0.2, 0.25) is 0 Å². The van der Waals surface area contributed by atoms with Gasteiger partial charge in [0.1, 0.15) is 11.5 Å². The minimum Gasteiger partial charge on any atom is -0.478 e. The summed E-state index contributed by atoms with van der Waals surface area (Å²) < 4.78 is 10.7. The van der Waals surface area contributed by atoms with Crippen LogP contribution in [0, 0.1) is 6.92 Å². The summed E-state index contributed by atoms with van der Waals surface area (Å²) >= 11 is 0.847. The van der Waals surface area contributed by atoms with Crippen molar-refractivity contribution in [3.8, 4) is 11.3 Å². The Balaban J connectivity index is 1.86. The minimum absolute atomic E-state index is 0.160. The normalized spacial score (nSPS) is 15.8. The van der Waals surface area contributed by atoms with E-state index >= 15 is 0 Å². The molecule has 27 heavy (non-hydrogen) atoms. The Labute approximate surface area is 159 Å². The predicted octanol–water partition coefficient (Wildman–Crippen LogP) is 3.64. The number of thioether (sulfide) groups is 1. The number of hydrogen-bond acceptors (Lipinski definition) is 6. The van der Waals surface area contributed by atoms with E-state index in [1.165, 1.54) is 19.3 Å². The van der Waals surface area contributed by atoms with E-state index in [1.54, 1.807) is 24.3 Å². The van der Waals surface area contributed by atoms with Crippen LogP contribution in [0.1, 0.15) is 21.7 Å². The van der Waals surface area contributed by atoms with Crippen LogP contribution in [-0.4, -0.2) is 47.4 Å². The van der Waals surface area contributed by atoms with Gasteiger partial charge in [-0.25, -0.2) is 4.79 Å². The SMILES string of the molecule is COCCN1C(=O)S/C(=C/c2ccc(-c3cc(C(=O)O)ccc3C)o2)C1=O. The van der Waals surface area contributed by atoms with Crippen molar-refractivity contribution in [2.24, 2.45) is 0 Å². The smallest absolute Gasteiger partial charge is 0.335 e. The van der Waals surface area contributed by atoms with Gasteiger partial charge >= 0.3 is 5.97 Å². The number of aryl methyl sites for hydroxylation is 1. The van der Waals surface area contributed by atoms with Gasteiger partial charge in [0.2, 0.25) is 0 Å². The first-order valence-electron chi connectivity index (χ1n) is 8.09.